The largest absolute Gasteiger partial charge is 0.497 e. The normalized spacial score (nSPS) is 16.1. The monoisotopic (exact) mass is 408 g/mol. The third-order valence-electron chi connectivity index (χ3n) is 5.65. The molecule has 30 heavy (non-hydrogen) atoms. The molecule has 0 spiro atoms. The molecule has 1 aliphatic heterocycles. The number of nitrogens with one attached hydrogen (secondary N) is 1. The van der Waals surface area contributed by atoms with Gasteiger partial charge in [-0.05, 0) is 49.9 Å². The summed E-state index contributed by atoms with van der Waals surface area (Å²) in [5, 5.41) is 11.3. The van der Waals surface area contributed by atoms with Crippen LogP contribution in [0.3, 0.4) is 0 Å². The Bertz CT molecular complexity index is 1030. The molecule has 1 aromatic carbocycles. The van der Waals surface area contributed by atoms with Crippen molar-refractivity contribution >= 4 is 11.7 Å². The van der Waals surface area contributed by atoms with Gasteiger partial charge < -0.3 is 24.0 Å². The first-order valence-electron chi connectivity index (χ1n) is 10.4. The molecule has 1 amide bonds. The second-order valence-electron chi connectivity index (χ2n) is 7.81. The van der Waals surface area contributed by atoms with Gasteiger partial charge in [-0.15, -0.1) is 0 Å². The van der Waals surface area contributed by atoms with Crippen LogP contribution in [0.4, 0.5) is 5.82 Å². The Labute approximate surface area is 174 Å². The van der Waals surface area contributed by atoms with Gasteiger partial charge in [0.1, 0.15) is 22.8 Å². The minimum Gasteiger partial charge on any atom is -0.497 e. The van der Waals surface area contributed by atoms with Crippen LogP contribution in [0, 0.1) is 0 Å². The predicted octanol–water partition coefficient (Wildman–Crippen LogP) is 3.75. The van der Waals surface area contributed by atoms with Gasteiger partial charge in [-0.3, -0.25) is 4.79 Å². The van der Waals surface area contributed by atoms with E-state index in [1.54, 1.807) is 7.11 Å². The van der Waals surface area contributed by atoms with Gasteiger partial charge in [0.2, 0.25) is 0 Å². The Morgan fingerprint density at radius 3 is 2.63 bits per heavy atom. The van der Waals surface area contributed by atoms with Crippen molar-refractivity contribution in [1.82, 2.24) is 15.6 Å². The van der Waals surface area contributed by atoms with Crippen LogP contribution in [0.15, 0.2) is 39.4 Å². The highest BCUT2D eigenvalue weighted by Gasteiger charge is 2.30. The second kappa shape index (κ2) is 7.85. The van der Waals surface area contributed by atoms with Crippen LogP contribution in [0.25, 0.3) is 11.3 Å². The first-order valence-corrected chi connectivity index (χ1v) is 10.4. The molecule has 0 unspecified atom stereocenters. The summed E-state index contributed by atoms with van der Waals surface area (Å²) in [6.07, 6.45) is 4.45. The fourth-order valence-electron chi connectivity index (χ4n) is 3.80. The van der Waals surface area contributed by atoms with E-state index in [0.717, 1.165) is 61.5 Å². The highest BCUT2D eigenvalue weighted by atomic mass is 16.5. The van der Waals surface area contributed by atoms with Gasteiger partial charge in [-0.25, -0.2) is 0 Å². The van der Waals surface area contributed by atoms with Gasteiger partial charge in [0.25, 0.3) is 5.91 Å². The molecule has 3 heterocycles. The summed E-state index contributed by atoms with van der Waals surface area (Å²) >= 11 is 0. The number of carbonyl (C=O) groups is 1. The lowest BCUT2D eigenvalue weighted by atomic mass is 10.1. The number of rotatable bonds is 7. The fourth-order valence-corrected chi connectivity index (χ4v) is 3.80. The van der Waals surface area contributed by atoms with Crippen molar-refractivity contribution in [3.63, 3.8) is 0 Å². The maximum Gasteiger partial charge on any atom is 0.259 e. The van der Waals surface area contributed by atoms with Crippen LogP contribution in [-0.4, -0.2) is 36.4 Å². The Hall–Kier alpha value is -3.29. The number of ether oxygens (including phenoxy) is 1. The molecule has 0 atom stereocenters. The van der Waals surface area contributed by atoms with E-state index >= 15 is 0 Å². The molecule has 1 saturated carbocycles. The average Bonchev–Trinajstić information content (AvgIpc) is 3.17. The number of carbonyl (C=O) groups excluding carboxylic acids is 1. The average molecular weight is 408 g/mol. The summed E-state index contributed by atoms with van der Waals surface area (Å²) in [6, 6.07) is 9.33. The van der Waals surface area contributed by atoms with E-state index in [4.69, 9.17) is 13.8 Å². The zero-order valence-electron chi connectivity index (χ0n) is 16.9. The number of hydrogen-bond acceptors (Lipinski definition) is 7. The Kier molecular flexibility index (Phi) is 4.90. The Morgan fingerprint density at radius 1 is 1.17 bits per heavy atom. The quantitative estimate of drug-likeness (QED) is 0.636. The van der Waals surface area contributed by atoms with Crippen molar-refractivity contribution in [2.75, 3.05) is 25.1 Å². The van der Waals surface area contributed by atoms with Crippen LogP contribution in [0.2, 0.25) is 0 Å². The van der Waals surface area contributed by atoms with Gasteiger partial charge in [0.15, 0.2) is 11.6 Å². The van der Waals surface area contributed by atoms with Crippen LogP contribution < -0.4 is 15.0 Å². The summed E-state index contributed by atoms with van der Waals surface area (Å²) in [4.78, 5) is 15.3. The Morgan fingerprint density at radius 2 is 1.93 bits per heavy atom. The van der Waals surface area contributed by atoms with E-state index in [-0.39, 0.29) is 5.91 Å². The zero-order valence-corrected chi connectivity index (χ0v) is 16.9. The molecule has 1 aliphatic carbocycles. The zero-order chi connectivity index (χ0) is 20.5. The van der Waals surface area contributed by atoms with Gasteiger partial charge in [0, 0.05) is 30.6 Å². The van der Waals surface area contributed by atoms with Gasteiger partial charge >= 0.3 is 0 Å². The lowest BCUT2D eigenvalue weighted by Crippen LogP contribution is -2.27. The van der Waals surface area contributed by atoms with Crippen LogP contribution in [0.5, 0.6) is 5.75 Å². The van der Waals surface area contributed by atoms with E-state index in [1.165, 1.54) is 0 Å². The highest BCUT2D eigenvalue weighted by Crippen LogP contribution is 2.40. The first kappa shape index (κ1) is 18.7. The van der Waals surface area contributed by atoms with Crippen molar-refractivity contribution in [3.05, 3.63) is 47.3 Å². The molecule has 8 nitrogen and oxygen atoms in total. The van der Waals surface area contributed by atoms with Crippen molar-refractivity contribution < 1.29 is 18.6 Å². The summed E-state index contributed by atoms with van der Waals surface area (Å²) in [5.41, 5.74) is 1.94. The van der Waals surface area contributed by atoms with Crippen LogP contribution in [-0.2, 0) is 6.54 Å². The van der Waals surface area contributed by atoms with Gasteiger partial charge in [-0.2, -0.15) is 0 Å². The summed E-state index contributed by atoms with van der Waals surface area (Å²) < 4.78 is 16.3. The standard InChI is InChI=1S/C22H24N4O4/c1-28-17-8-6-15(7-9-17)20-19(21(25-30-20)26-10-2-3-11-26)22(27)23-13-16-12-18(29-24-16)14-4-5-14/h6-9,12,14H,2-5,10-11,13H2,1H3,(H,23,27). The SMILES string of the molecule is COc1ccc(-c2onc(N3CCCC3)c2C(=O)NCc2cc(C3CC3)on2)cc1. The number of anilines is 1. The molecular weight excluding hydrogens is 384 g/mol. The minimum atomic E-state index is -0.236. The van der Waals surface area contributed by atoms with Gasteiger partial charge in [-0.1, -0.05) is 10.3 Å². The van der Waals surface area contributed by atoms with Crippen molar-refractivity contribution in [3.8, 4) is 17.1 Å². The topological polar surface area (TPSA) is 93.6 Å². The van der Waals surface area contributed by atoms with Crippen LogP contribution in [0.1, 0.15) is 53.4 Å². The number of nitrogens with zero attached hydrogens (tertiary/aromatic N) is 3. The molecule has 2 fully saturated rings. The van der Waals surface area contributed by atoms with Crippen molar-refractivity contribution in [2.45, 2.75) is 38.1 Å². The highest BCUT2D eigenvalue weighted by molar-refractivity contribution is 6.04. The number of amides is 1. The molecule has 2 aromatic heterocycles. The number of aromatic nitrogens is 2. The molecule has 0 radical (unpaired) electrons. The molecule has 5 rings (SSSR count). The predicted molar refractivity (Wildman–Crippen MR) is 110 cm³/mol. The number of methoxy groups -OCH3 is 1. The lowest BCUT2D eigenvalue weighted by Gasteiger charge is -2.15. The maximum absolute atomic E-state index is 13.2. The molecular formula is C22H24N4O4. The van der Waals surface area contributed by atoms with E-state index in [2.05, 4.69) is 20.5 Å². The van der Waals surface area contributed by atoms with Gasteiger partial charge in [0.05, 0.1) is 13.7 Å². The molecule has 156 valence electrons. The molecule has 2 aliphatic rings. The molecule has 3 aromatic rings. The fraction of sp³-hybridized carbons (Fsp3) is 0.409. The summed E-state index contributed by atoms with van der Waals surface area (Å²) in [6.45, 7) is 2.02. The lowest BCUT2D eigenvalue weighted by molar-refractivity contribution is 0.0950. The van der Waals surface area contributed by atoms with E-state index < -0.39 is 0 Å². The molecule has 8 heteroatoms. The second-order valence-corrected chi connectivity index (χ2v) is 7.81. The summed E-state index contributed by atoms with van der Waals surface area (Å²) in [7, 11) is 1.62. The van der Waals surface area contributed by atoms with E-state index in [1.807, 2.05) is 30.3 Å². The Balaban J connectivity index is 1.41. The van der Waals surface area contributed by atoms with E-state index in [0.29, 0.717) is 29.6 Å². The third-order valence-corrected chi connectivity index (χ3v) is 5.65. The van der Waals surface area contributed by atoms with E-state index in [9.17, 15) is 4.79 Å². The molecule has 1 N–H and O–H groups in total. The molecule has 0 bridgehead atoms. The number of benzene rings is 1. The summed E-state index contributed by atoms with van der Waals surface area (Å²) in [5.74, 6) is 2.94. The maximum atomic E-state index is 13.2. The molecule has 1 saturated heterocycles. The van der Waals surface area contributed by atoms with Crippen LogP contribution >= 0.6 is 0 Å². The minimum absolute atomic E-state index is 0.236. The smallest absolute Gasteiger partial charge is 0.259 e. The van der Waals surface area contributed by atoms with Crippen molar-refractivity contribution in [1.29, 1.82) is 0 Å². The third kappa shape index (κ3) is 3.65. The first-order chi connectivity index (χ1) is 14.7. The number of hydrogen-bond donors (Lipinski definition) is 1. The van der Waals surface area contributed by atoms with Crippen molar-refractivity contribution in [2.24, 2.45) is 0 Å².